The average molecular weight is 1600 g/mol. The number of rotatable bonds is 28. The van der Waals surface area contributed by atoms with E-state index in [1.165, 1.54) is 35.3 Å². The van der Waals surface area contributed by atoms with Crippen molar-refractivity contribution in [2.24, 2.45) is 5.73 Å². The molecule has 0 atom stereocenters. The van der Waals surface area contributed by atoms with Gasteiger partial charge in [0.1, 0.15) is 44.2 Å². The van der Waals surface area contributed by atoms with E-state index in [9.17, 15) is 58.9 Å². The number of imidazole rings is 3. The van der Waals surface area contributed by atoms with Gasteiger partial charge >= 0.3 is 42.7 Å². The van der Waals surface area contributed by atoms with Gasteiger partial charge in [0.2, 0.25) is 11.8 Å². The van der Waals surface area contributed by atoms with Crippen LogP contribution in [0.5, 0.6) is 0 Å². The second-order valence-corrected chi connectivity index (χ2v) is 25.4. The minimum absolute atomic E-state index is 0. The van der Waals surface area contributed by atoms with Crippen LogP contribution in [0, 0.1) is 34.0 Å². The molecule has 0 saturated heterocycles. The third kappa shape index (κ3) is 24.4. The number of carbonyl (C=O) groups is 9. The van der Waals surface area contributed by atoms with Gasteiger partial charge in [0.25, 0.3) is 0 Å². The summed E-state index contributed by atoms with van der Waals surface area (Å²) >= 11 is 14.3. The van der Waals surface area contributed by atoms with E-state index >= 15 is 0 Å². The van der Waals surface area contributed by atoms with Gasteiger partial charge in [-0.05, 0) is 98.0 Å². The average Bonchev–Trinajstić information content (AvgIpc) is 1.36. The first kappa shape index (κ1) is 83.5. The van der Waals surface area contributed by atoms with Crippen molar-refractivity contribution in [1.82, 2.24) is 39.3 Å². The third-order valence-electron chi connectivity index (χ3n) is 13.5. The fraction of sp³-hybridized carbons (Fsp3) is 0.239. The Morgan fingerprint density at radius 3 is 1.07 bits per heavy atom. The van der Waals surface area contributed by atoms with E-state index in [1.54, 1.807) is 50.6 Å². The van der Waals surface area contributed by atoms with E-state index in [1.807, 2.05) is 105 Å². The zero-order valence-corrected chi connectivity index (χ0v) is 61.0. The molecular formula is C67H62Br3LiN12O14S3. The molecule has 9 rings (SSSR count). The number of nitrogens with zero attached hydrogens (tertiary/aromatic N) is 9. The molecule has 0 unspecified atom stereocenters. The van der Waals surface area contributed by atoms with E-state index in [-0.39, 0.29) is 129 Å². The number of hydrogen-bond acceptors (Lipinski definition) is 22. The van der Waals surface area contributed by atoms with E-state index in [2.05, 4.69) is 96.3 Å². The number of thioether (sulfide) groups is 3. The standard InChI is InChI=1S/C23H21BrN4O4S.C21H17BrN4O4S.C19H14BrN3O3S.C4H9NO2.Li.H2O/c1-2-32-22(31)13-26-21(30)10-8-16(29)14-33-23-27-12-20(24)28(23)19-9-7-15(11-25)17-5-3-4-6-18(17)19;22-18-10-25-21(31-12-14(27)6-8-19(28)24-11-20(29)30)26(18)17-7-5-13(9-23)15-3-1-2-4-16(15)17;20-17-10-22-19(27-11-13(24)6-8-18(25)26)23(17)16-7-5-12(9-21)14-3-1-2-4-15(14)16;1-2-7-4(6)3-5;;/h3-7,9,12H,2,8,10,13-14H2,1H3,(H,26,30);1-5,7,10H,6,8,11-12H2,(H,24,28)(H,29,30);1-5,7,10H,6,8,11H2,(H,25,26);2-3,5H2,1H3;;1H2/q;;;;+1;/p-1. The van der Waals surface area contributed by atoms with Gasteiger partial charge in [0, 0.05) is 64.4 Å². The van der Waals surface area contributed by atoms with Crippen molar-refractivity contribution in [2.75, 3.05) is 50.1 Å². The zero-order valence-electron chi connectivity index (χ0n) is 53.8. The summed E-state index contributed by atoms with van der Waals surface area (Å²) in [5.74, 6) is -3.83. The first-order valence-corrected chi connectivity index (χ1v) is 34.9. The number of hydrogen-bond donors (Lipinski definition) is 5. The monoisotopic (exact) mass is 1600 g/mol. The predicted molar refractivity (Wildman–Crippen MR) is 381 cm³/mol. The van der Waals surface area contributed by atoms with Crippen LogP contribution < -0.4 is 35.2 Å². The Balaban J connectivity index is 0.000000301. The molecule has 7 N–H and O–H groups in total. The number of amides is 2. The van der Waals surface area contributed by atoms with Crippen LogP contribution in [0.2, 0.25) is 0 Å². The maximum Gasteiger partial charge on any atom is 1.00 e. The van der Waals surface area contributed by atoms with Crippen LogP contribution in [0.1, 0.15) is 69.1 Å². The number of Topliss-reactive ketones (excluding diaryl/α,β-unsaturated/α-hetero) is 3. The molecular weight excluding hydrogens is 1540 g/mol. The number of ether oxygens (including phenoxy) is 2. The molecule has 0 aliphatic rings. The Hall–Kier alpha value is -8.96. The predicted octanol–water partition coefficient (Wildman–Crippen LogP) is 7.60. The molecule has 0 spiro atoms. The van der Waals surface area contributed by atoms with Crippen LogP contribution >= 0.6 is 83.1 Å². The number of fused-ring (bicyclic) bond motifs is 3. The summed E-state index contributed by atoms with van der Waals surface area (Å²) in [5, 5.41) is 57.0. The Morgan fingerprint density at radius 1 is 0.470 bits per heavy atom. The number of aliphatic carboxylic acids is 2. The van der Waals surface area contributed by atoms with Crippen LogP contribution in [0.4, 0.5) is 0 Å². The summed E-state index contributed by atoms with van der Waals surface area (Å²) in [6, 6.07) is 40.2. The van der Waals surface area contributed by atoms with Gasteiger partial charge in [0.05, 0.1) is 114 Å². The van der Waals surface area contributed by atoms with Crippen LogP contribution in [0.25, 0.3) is 49.4 Å². The second-order valence-electron chi connectivity index (χ2n) is 20.1. The van der Waals surface area contributed by atoms with E-state index in [0.29, 0.717) is 48.0 Å². The van der Waals surface area contributed by atoms with Gasteiger partial charge in [-0.1, -0.05) is 108 Å². The normalized spacial score (nSPS) is 10.2. The van der Waals surface area contributed by atoms with Crippen molar-refractivity contribution < 1.29 is 87.2 Å². The number of nitrogens with one attached hydrogen (secondary N) is 2. The number of nitriles is 3. The Labute approximate surface area is 623 Å². The number of ketones is 3. The van der Waals surface area contributed by atoms with Gasteiger partial charge in [-0.3, -0.25) is 56.9 Å². The molecule has 0 bridgehead atoms. The summed E-state index contributed by atoms with van der Waals surface area (Å²) in [7, 11) is 0. The zero-order chi connectivity index (χ0) is 71.3. The van der Waals surface area contributed by atoms with Crippen LogP contribution in [0.3, 0.4) is 0 Å². The molecule has 0 radical (unpaired) electrons. The van der Waals surface area contributed by atoms with Crippen LogP contribution in [0.15, 0.2) is 157 Å². The number of carbonyl (C=O) groups excluding carboxylic acids is 7. The number of carboxylic acid groups (broad SMARTS) is 2. The molecule has 3 heterocycles. The molecule has 33 heteroatoms. The van der Waals surface area contributed by atoms with Gasteiger partial charge in [-0.15, -0.1) is 0 Å². The quantitative estimate of drug-likeness (QED) is 0.0179. The Kier molecular flexibility index (Phi) is 35.8. The molecule has 0 saturated carbocycles. The van der Waals surface area contributed by atoms with Crippen LogP contribution in [-0.2, 0) is 52.6 Å². The minimum Gasteiger partial charge on any atom is -0.870 e. The summed E-state index contributed by atoms with van der Waals surface area (Å²) in [6.45, 7) is 3.39. The van der Waals surface area contributed by atoms with Crippen molar-refractivity contribution >= 4 is 168 Å². The first-order valence-electron chi connectivity index (χ1n) is 29.5. The largest absolute Gasteiger partial charge is 1.00 e. The molecule has 0 aliphatic carbocycles. The number of carboxylic acids is 2. The fourth-order valence-corrected chi connectivity index (χ4v) is 13.4. The SMILES string of the molecule is CCOC(=O)CN.CCOC(=O)CNC(=O)CCC(=O)CSc1ncc(Br)n1-c1ccc(C#N)c2ccccc12.N#Cc1ccc(-n2c(Br)cnc2SCC(=O)CCC(=O)NCC(=O)O)c2ccccc12.N#Cc1ccc(-n2c(Br)cnc2SCC(=O)CCC(=O)O)c2ccccc12.[Li+].[OH-]. The number of halogens is 3. The van der Waals surface area contributed by atoms with Gasteiger partial charge in [-0.2, -0.15) is 15.8 Å². The minimum atomic E-state index is -1.14. The molecule has 514 valence electrons. The summed E-state index contributed by atoms with van der Waals surface area (Å²) in [4.78, 5) is 115. The van der Waals surface area contributed by atoms with Gasteiger partial charge in [-0.25, -0.2) is 15.0 Å². The molecule has 3 aromatic heterocycles. The third-order valence-corrected chi connectivity index (χ3v) is 18.2. The molecule has 2 amide bonds. The van der Waals surface area contributed by atoms with Gasteiger partial charge < -0.3 is 41.5 Å². The summed E-state index contributed by atoms with van der Waals surface area (Å²) in [5.41, 5.74) is 9.12. The van der Waals surface area contributed by atoms with E-state index in [0.717, 1.165) is 54.0 Å². The van der Waals surface area contributed by atoms with Crippen molar-refractivity contribution in [3.05, 3.63) is 158 Å². The number of benzene rings is 6. The topological polar surface area (TPSA) is 417 Å². The molecule has 26 nitrogen and oxygen atoms in total. The number of nitrogens with two attached hydrogens (primary N) is 1. The van der Waals surface area contributed by atoms with Crippen molar-refractivity contribution in [2.45, 2.75) is 67.8 Å². The van der Waals surface area contributed by atoms with Crippen LogP contribution in [-0.4, -0.2) is 147 Å². The van der Waals surface area contributed by atoms with Crippen molar-refractivity contribution in [3.8, 4) is 35.3 Å². The van der Waals surface area contributed by atoms with Crippen molar-refractivity contribution in [3.63, 3.8) is 0 Å². The molecule has 9 aromatic rings. The summed E-state index contributed by atoms with van der Waals surface area (Å²) < 4.78 is 16.9. The molecule has 6 aromatic carbocycles. The Morgan fingerprint density at radius 2 is 0.780 bits per heavy atom. The second kappa shape index (κ2) is 42.9. The number of esters is 2. The molecule has 0 fully saturated rings. The van der Waals surface area contributed by atoms with E-state index in [4.69, 9.17) is 20.7 Å². The summed E-state index contributed by atoms with van der Waals surface area (Å²) in [6.07, 6.45) is 4.78. The smallest absolute Gasteiger partial charge is 0.870 e. The first-order chi connectivity index (χ1) is 47.2. The molecule has 0 aliphatic heterocycles. The van der Waals surface area contributed by atoms with Gasteiger partial charge in [0.15, 0.2) is 15.5 Å². The maximum absolute atomic E-state index is 12.3. The van der Waals surface area contributed by atoms with E-state index < -0.39 is 30.4 Å². The fourth-order valence-electron chi connectivity index (χ4n) is 8.99. The Bertz CT molecular complexity index is 4570. The number of aromatic nitrogens is 6. The molecule has 100 heavy (non-hydrogen) atoms. The maximum atomic E-state index is 12.3. The van der Waals surface area contributed by atoms with Crippen molar-refractivity contribution in [1.29, 1.82) is 15.8 Å².